The summed E-state index contributed by atoms with van der Waals surface area (Å²) in [5, 5.41) is 0. The third-order valence-electron chi connectivity index (χ3n) is 3.58. The van der Waals surface area contributed by atoms with Crippen LogP contribution in [0.4, 0.5) is 15.8 Å². The van der Waals surface area contributed by atoms with Crippen molar-refractivity contribution in [3.05, 3.63) is 59.4 Å². The van der Waals surface area contributed by atoms with E-state index in [4.69, 9.17) is 5.73 Å². The van der Waals surface area contributed by atoms with Crippen molar-refractivity contribution in [3.8, 4) is 0 Å². The van der Waals surface area contributed by atoms with Crippen LogP contribution in [0.2, 0.25) is 0 Å². The predicted molar refractivity (Wildman–Crippen MR) is 83.9 cm³/mol. The molecular formula is C16H18ClFN2. The van der Waals surface area contributed by atoms with Crippen molar-refractivity contribution < 1.29 is 4.39 Å². The van der Waals surface area contributed by atoms with Gasteiger partial charge in [-0.2, -0.15) is 0 Å². The van der Waals surface area contributed by atoms with Crippen molar-refractivity contribution in [2.75, 3.05) is 17.2 Å². The van der Waals surface area contributed by atoms with Gasteiger partial charge in [0.2, 0.25) is 0 Å². The average molecular weight is 293 g/mol. The first-order valence-corrected chi connectivity index (χ1v) is 6.60. The lowest BCUT2D eigenvalue weighted by Gasteiger charge is -2.31. The molecule has 2 N–H and O–H groups in total. The Hall–Kier alpha value is -1.74. The van der Waals surface area contributed by atoms with Gasteiger partial charge in [0.25, 0.3) is 0 Å². The number of nitrogens with two attached hydrogens (primary N) is 1. The van der Waals surface area contributed by atoms with E-state index in [9.17, 15) is 4.39 Å². The van der Waals surface area contributed by atoms with Gasteiger partial charge in [-0.05, 0) is 54.3 Å². The second-order valence-electron chi connectivity index (χ2n) is 5.04. The SMILES string of the molecule is Cl.Nc1cccc(CN2CCCc3cc(F)ccc32)c1. The number of anilines is 2. The normalized spacial score (nSPS) is 13.6. The van der Waals surface area contributed by atoms with Gasteiger partial charge in [0.05, 0.1) is 0 Å². The molecule has 2 aromatic rings. The lowest BCUT2D eigenvalue weighted by molar-refractivity contribution is 0.618. The Morgan fingerprint density at radius 1 is 1.15 bits per heavy atom. The Morgan fingerprint density at radius 2 is 2.00 bits per heavy atom. The number of nitrogen functional groups attached to an aromatic ring is 1. The minimum Gasteiger partial charge on any atom is -0.399 e. The second kappa shape index (κ2) is 6.14. The zero-order chi connectivity index (χ0) is 13.2. The van der Waals surface area contributed by atoms with E-state index >= 15 is 0 Å². The molecule has 1 heterocycles. The summed E-state index contributed by atoms with van der Waals surface area (Å²) in [6.07, 6.45) is 2.03. The van der Waals surface area contributed by atoms with Gasteiger partial charge in [-0.3, -0.25) is 0 Å². The first-order chi connectivity index (χ1) is 9.22. The monoisotopic (exact) mass is 292 g/mol. The summed E-state index contributed by atoms with van der Waals surface area (Å²) in [4.78, 5) is 2.30. The van der Waals surface area contributed by atoms with E-state index in [1.165, 1.54) is 11.6 Å². The molecule has 0 aliphatic carbocycles. The molecule has 0 aromatic heterocycles. The molecule has 0 fully saturated rings. The van der Waals surface area contributed by atoms with Crippen LogP contribution in [-0.2, 0) is 13.0 Å². The number of halogens is 2. The maximum Gasteiger partial charge on any atom is 0.123 e. The van der Waals surface area contributed by atoms with E-state index in [2.05, 4.69) is 11.0 Å². The molecule has 0 spiro atoms. The molecule has 1 aliphatic rings. The number of fused-ring (bicyclic) bond motifs is 1. The molecule has 0 unspecified atom stereocenters. The molecule has 0 bridgehead atoms. The van der Waals surface area contributed by atoms with Crippen LogP contribution < -0.4 is 10.6 Å². The van der Waals surface area contributed by atoms with Crippen LogP contribution in [0.25, 0.3) is 0 Å². The molecule has 0 saturated carbocycles. The molecule has 2 aromatic carbocycles. The molecule has 0 atom stereocenters. The maximum absolute atomic E-state index is 13.3. The predicted octanol–water partition coefficient (Wildman–Crippen LogP) is 3.78. The smallest absolute Gasteiger partial charge is 0.123 e. The zero-order valence-corrected chi connectivity index (χ0v) is 12.0. The van der Waals surface area contributed by atoms with E-state index in [1.807, 2.05) is 24.3 Å². The van der Waals surface area contributed by atoms with Gasteiger partial charge in [0.15, 0.2) is 0 Å². The van der Waals surface area contributed by atoms with E-state index in [-0.39, 0.29) is 18.2 Å². The standard InChI is InChI=1S/C16H17FN2.ClH/c17-14-6-7-16-13(10-14)4-2-8-19(16)11-12-3-1-5-15(18)9-12;/h1,3,5-7,9-10H,2,4,8,11,18H2;1H. The lowest BCUT2D eigenvalue weighted by Crippen LogP contribution is -2.28. The average Bonchev–Trinajstić information content (AvgIpc) is 2.38. The fourth-order valence-electron chi connectivity index (χ4n) is 2.72. The Balaban J connectivity index is 0.00000147. The molecular weight excluding hydrogens is 275 g/mol. The number of hydrogen-bond donors (Lipinski definition) is 1. The minimum absolute atomic E-state index is 0. The second-order valence-corrected chi connectivity index (χ2v) is 5.04. The molecule has 0 amide bonds. The van der Waals surface area contributed by atoms with Gasteiger partial charge in [-0.25, -0.2) is 4.39 Å². The summed E-state index contributed by atoms with van der Waals surface area (Å²) in [7, 11) is 0. The first-order valence-electron chi connectivity index (χ1n) is 6.60. The van der Waals surface area contributed by atoms with Gasteiger partial charge in [0.1, 0.15) is 5.82 Å². The summed E-state index contributed by atoms with van der Waals surface area (Å²) in [5.74, 6) is -0.149. The fourth-order valence-corrected chi connectivity index (χ4v) is 2.72. The molecule has 0 radical (unpaired) electrons. The van der Waals surface area contributed by atoms with Crippen molar-refractivity contribution in [2.24, 2.45) is 0 Å². The molecule has 1 aliphatic heterocycles. The number of benzene rings is 2. The van der Waals surface area contributed by atoms with Crippen LogP contribution in [0.3, 0.4) is 0 Å². The summed E-state index contributed by atoms with van der Waals surface area (Å²) in [5.41, 5.74) is 10.0. The number of aryl methyl sites for hydroxylation is 1. The van der Waals surface area contributed by atoms with Crippen molar-refractivity contribution >= 4 is 23.8 Å². The van der Waals surface area contributed by atoms with Crippen LogP contribution in [0.5, 0.6) is 0 Å². The maximum atomic E-state index is 13.3. The largest absolute Gasteiger partial charge is 0.399 e. The summed E-state index contributed by atoms with van der Waals surface area (Å²) >= 11 is 0. The van der Waals surface area contributed by atoms with Crippen molar-refractivity contribution in [3.63, 3.8) is 0 Å². The third-order valence-corrected chi connectivity index (χ3v) is 3.58. The highest BCUT2D eigenvalue weighted by atomic mass is 35.5. The van der Waals surface area contributed by atoms with E-state index in [0.29, 0.717) is 0 Å². The van der Waals surface area contributed by atoms with E-state index < -0.39 is 0 Å². The van der Waals surface area contributed by atoms with E-state index in [0.717, 1.165) is 42.9 Å². The van der Waals surface area contributed by atoms with Gasteiger partial charge >= 0.3 is 0 Å². The molecule has 4 heteroatoms. The van der Waals surface area contributed by atoms with Crippen LogP contribution in [0.15, 0.2) is 42.5 Å². The van der Waals surface area contributed by atoms with Crippen molar-refractivity contribution in [1.29, 1.82) is 0 Å². The zero-order valence-electron chi connectivity index (χ0n) is 11.2. The highest BCUT2D eigenvalue weighted by Crippen LogP contribution is 2.29. The number of nitrogens with zero attached hydrogens (tertiary/aromatic N) is 1. The summed E-state index contributed by atoms with van der Waals surface area (Å²) < 4.78 is 13.3. The molecule has 2 nitrogen and oxygen atoms in total. The number of hydrogen-bond acceptors (Lipinski definition) is 2. The van der Waals surface area contributed by atoms with Gasteiger partial charge in [0, 0.05) is 24.5 Å². The molecule has 20 heavy (non-hydrogen) atoms. The minimum atomic E-state index is -0.149. The van der Waals surface area contributed by atoms with Crippen molar-refractivity contribution in [2.45, 2.75) is 19.4 Å². The van der Waals surface area contributed by atoms with Gasteiger partial charge in [-0.1, -0.05) is 12.1 Å². The Labute approximate surface area is 124 Å². The quantitative estimate of drug-likeness (QED) is 0.854. The van der Waals surface area contributed by atoms with Crippen LogP contribution in [0.1, 0.15) is 17.5 Å². The topological polar surface area (TPSA) is 29.3 Å². The molecule has 0 saturated heterocycles. The van der Waals surface area contributed by atoms with Crippen molar-refractivity contribution in [1.82, 2.24) is 0 Å². The Morgan fingerprint density at radius 3 is 2.80 bits per heavy atom. The van der Waals surface area contributed by atoms with Gasteiger partial charge in [-0.15, -0.1) is 12.4 Å². The summed E-state index contributed by atoms with van der Waals surface area (Å²) in [6, 6.07) is 13.0. The first kappa shape index (κ1) is 14.7. The van der Waals surface area contributed by atoms with E-state index in [1.54, 1.807) is 6.07 Å². The third kappa shape index (κ3) is 3.05. The van der Waals surface area contributed by atoms with Crippen LogP contribution in [-0.4, -0.2) is 6.54 Å². The molecule has 106 valence electrons. The summed E-state index contributed by atoms with van der Waals surface area (Å²) in [6.45, 7) is 1.83. The Bertz CT molecular complexity index is 601. The highest BCUT2D eigenvalue weighted by molar-refractivity contribution is 5.85. The highest BCUT2D eigenvalue weighted by Gasteiger charge is 2.17. The van der Waals surface area contributed by atoms with Gasteiger partial charge < -0.3 is 10.6 Å². The lowest BCUT2D eigenvalue weighted by atomic mass is 10.0. The fraction of sp³-hybridized carbons (Fsp3) is 0.250. The van der Waals surface area contributed by atoms with Crippen LogP contribution in [0, 0.1) is 5.82 Å². The molecule has 3 rings (SSSR count). The Kier molecular flexibility index (Phi) is 4.50. The number of rotatable bonds is 2. The van der Waals surface area contributed by atoms with Crippen LogP contribution >= 0.6 is 12.4 Å².